The Bertz CT molecular complexity index is 1230. The number of nitrogens with zero attached hydrogens (tertiary/aromatic N) is 6. The summed E-state index contributed by atoms with van der Waals surface area (Å²) in [6.07, 6.45) is 2.20. The van der Waals surface area contributed by atoms with Gasteiger partial charge in [0.05, 0.1) is 11.3 Å². The van der Waals surface area contributed by atoms with Crippen molar-refractivity contribution in [2.75, 3.05) is 45.8 Å². The fourth-order valence-electron chi connectivity index (χ4n) is 5.33. The van der Waals surface area contributed by atoms with E-state index < -0.39 is 0 Å². The Kier molecular flexibility index (Phi) is 7.29. The molecule has 37 heavy (non-hydrogen) atoms. The number of likely N-dealkylation sites (tertiary alicyclic amines) is 1. The first-order valence-corrected chi connectivity index (χ1v) is 12.8. The number of carbonyl (C=O) groups excluding carboxylic acids is 1. The Hall–Kier alpha value is -3.63. The fourth-order valence-corrected chi connectivity index (χ4v) is 5.33. The van der Waals surface area contributed by atoms with E-state index in [1.807, 2.05) is 29.2 Å². The van der Waals surface area contributed by atoms with Gasteiger partial charge in [0, 0.05) is 65.3 Å². The van der Waals surface area contributed by atoms with Crippen LogP contribution in [0.2, 0.25) is 0 Å². The fraction of sp³-hybridized carbons (Fsp3) is 0.444. The lowest BCUT2D eigenvalue weighted by Crippen LogP contribution is -2.48. The van der Waals surface area contributed by atoms with Crippen LogP contribution in [0.4, 0.5) is 0 Å². The summed E-state index contributed by atoms with van der Waals surface area (Å²) in [5.41, 5.74) is 2.21. The molecule has 2 fully saturated rings. The van der Waals surface area contributed by atoms with Crippen LogP contribution in [0.1, 0.15) is 25.3 Å². The van der Waals surface area contributed by atoms with Crippen molar-refractivity contribution >= 4 is 5.91 Å². The highest BCUT2D eigenvalue weighted by Gasteiger charge is 2.25. The average Bonchev–Trinajstić information content (AvgIpc) is 3.27. The number of aromatic nitrogens is 3. The van der Waals surface area contributed by atoms with Gasteiger partial charge < -0.3 is 25.1 Å². The molecule has 0 spiro atoms. The van der Waals surface area contributed by atoms with Gasteiger partial charge in [-0.3, -0.25) is 9.69 Å². The molecule has 1 aromatic heterocycles. The highest BCUT2D eigenvalue weighted by Crippen LogP contribution is 2.34. The monoisotopic (exact) mass is 506 g/mol. The summed E-state index contributed by atoms with van der Waals surface area (Å²) in [4.78, 5) is 18.5. The minimum absolute atomic E-state index is 0.0586. The van der Waals surface area contributed by atoms with Crippen LogP contribution in [-0.2, 0) is 11.3 Å². The van der Waals surface area contributed by atoms with E-state index in [-0.39, 0.29) is 29.2 Å². The van der Waals surface area contributed by atoms with E-state index in [1.165, 1.54) is 28.3 Å². The summed E-state index contributed by atoms with van der Waals surface area (Å²) in [6, 6.07) is 11.8. The van der Waals surface area contributed by atoms with E-state index in [0.29, 0.717) is 17.2 Å². The van der Waals surface area contributed by atoms with E-state index in [4.69, 9.17) is 0 Å². The number of rotatable bonds is 6. The Balaban J connectivity index is 1.16. The molecule has 5 rings (SSSR count). The number of benzene rings is 2. The first-order chi connectivity index (χ1) is 17.9. The van der Waals surface area contributed by atoms with E-state index in [2.05, 4.69) is 20.0 Å². The molecule has 0 aliphatic carbocycles. The van der Waals surface area contributed by atoms with Crippen LogP contribution in [0, 0.1) is 5.92 Å². The number of hydrogen-bond donors (Lipinski definition) is 3. The third-order valence-electron chi connectivity index (χ3n) is 7.51. The van der Waals surface area contributed by atoms with Crippen LogP contribution >= 0.6 is 0 Å². The predicted molar refractivity (Wildman–Crippen MR) is 138 cm³/mol. The smallest absolute Gasteiger partial charge is 0.319 e. The Morgan fingerprint density at radius 2 is 1.57 bits per heavy atom. The van der Waals surface area contributed by atoms with Gasteiger partial charge in [-0.15, -0.1) is 5.10 Å². The van der Waals surface area contributed by atoms with Gasteiger partial charge in [-0.05, 0) is 48.6 Å². The van der Waals surface area contributed by atoms with Gasteiger partial charge in [-0.1, -0.05) is 17.2 Å². The van der Waals surface area contributed by atoms with Crippen molar-refractivity contribution in [3.63, 3.8) is 0 Å². The normalized spacial score (nSPS) is 17.8. The van der Waals surface area contributed by atoms with Crippen molar-refractivity contribution in [3.05, 3.63) is 48.0 Å². The van der Waals surface area contributed by atoms with Crippen LogP contribution in [0.5, 0.6) is 17.5 Å². The van der Waals surface area contributed by atoms with Gasteiger partial charge >= 0.3 is 6.01 Å². The summed E-state index contributed by atoms with van der Waals surface area (Å²) in [5, 5.41) is 38.0. The molecule has 196 valence electrons. The van der Waals surface area contributed by atoms with Crippen LogP contribution in [-0.4, -0.2) is 96.5 Å². The number of carbonyl (C=O) groups is 1. The Morgan fingerprint density at radius 1 is 0.892 bits per heavy atom. The minimum Gasteiger partial charge on any atom is -0.508 e. The second kappa shape index (κ2) is 10.8. The molecule has 0 unspecified atom stereocenters. The van der Waals surface area contributed by atoms with Crippen molar-refractivity contribution in [2.45, 2.75) is 26.3 Å². The lowest BCUT2D eigenvalue weighted by Gasteiger charge is -2.38. The lowest BCUT2D eigenvalue weighted by molar-refractivity contribution is -0.130. The number of piperazine rings is 1. The topological polar surface area (TPSA) is 118 Å². The van der Waals surface area contributed by atoms with Gasteiger partial charge in [-0.25, -0.2) is 4.57 Å². The first-order valence-electron chi connectivity index (χ1n) is 12.8. The van der Waals surface area contributed by atoms with Gasteiger partial charge in [0.1, 0.15) is 11.5 Å². The molecule has 0 bridgehead atoms. The minimum atomic E-state index is -0.279. The summed E-state index contributed by atoms with van der Waals surface area (Å²) >= 11 is 0. The van der Waals surface area contributed by atoms with Crippen molar-refractivity contribution in [1.29, 1.82) is 0 Å². The quantitative estimate of drug-likeness (QED) is 0.467. The lowest BCUT2D eigenvalue weighted by atomic mass is 9.96. The highest BCUT2D eigenvalue weighted by atomic mass is 16.3. The molecule has 3 N–H and O–H groups in total. The van der Waals surface area contributed by atoms with Crippen LogP contribution < -0.4 is 0 Å². The van der Waals surface area contributed by atoms with Crippen LogP contribution in [0.25, 0.3) is 17.1 Å². The molecule has 2 saturated heterocycles. The van der Waals surface area contributed by atoms with Crippen molar-refractivity contribution in [3.8, 4) is 34.6 Å². The van der Waals surface area contributed by atoms with E-state index in [1.54, 1.807) is 6.92 Å². The molecule has 0 radical (unpaired) electrons. The number of aromatic hydroxyl groups is 3. The SMILES string of the molecule is CC(=O)N1CCC(CN2CCN(Cc3ccc(-n4c(O)nnc4-c4ccc(O)cc4O)cc3)CC2)CC1. The van der Waals surface area contributed by atoms with Gasteiger partial charge in [-0.2, -0.15) is 0 Å². The molecule has 2 aliphatic heterocycles. The Morgan fingerprint density at radius 3 is 2.22 bits per heavy atom. The zero-order valence-electron chi connectivity index (χ0n) is 21.1. The maximum Gasteiger partial charge on any atom is 0.319 e. The molecule has 0 atom stereocenters. The third-order valence-corrected chi connectivity index (χ3v) is 7.51. The van der Waals surface area contributed by atoms with E-state index >= 15 is 0 Å². The molecule has 0 saturated carbocycles. The summed E-state index contributed by atoms with van der Waals surface area (Å²) in [6.45, 7) is 9.56. The number of amides is 1. The molecule has 1 amide bonds. The molecular formula is C27H34N6O4. The van der Waals surface area contributed by atoms with Gasteiger partial charge in [0.2, 0.25) is 5.91 Å². The molecule has 10 heteroatoms. The van der Waals surface area contributed by atoms with Gasteiger partial charge in [0.25, 0.3) is 0 Å². The van der Waals surface area contributed by atoms with Crippen LogP contribution in [0.3, 0.4) is 0 Å². The summed E-state index contributed by atoms with van der Waals surface area (Å²) in [7, 11) is 0. The first kappa shape index (κ1) is 25.0. The standard InChI is InChI=1S/C27H34N6O4/c1-19(34)32-10-8-21(9-11-32)18-31-14-12-30(13-15-31)17-20-2-4-22(5-3-20)33-26(28-29-27(33)37)24-7-6-23(35)16-25(24)36/h2-7,16,21,35-36H,8-15,17-18H2,1H3,(H,29,37). The molecule has 10 nitrogen and oxygen atoms in total. The number of phenols is 2. The van der Waals surface area contributed by atoms with Crippen molar-refractivity contribution < 1.29 is 20.1 Å². The predicted octanol–water partition coefficient (Wildman–Crippen LogP) is 2.43. The average molecular weight is 507 g/mol. The number of piperidine rings is 1. The molecule has 3 aromatic rings. The van der Waals surface area contributed by atoms with Gasteiger partial charge in [0.15, 0.2) is 5.82 Å². The number of hydrogen-bond acceptors (Lipinski definition) is 8. The van der Waals surface area contributed by atoms with Crippen LogP contribution in [0.15, 0.2) is 42.5 Å². The molecule has 2 aromatic carbocycles. The Labute approximate surface area is 216 Å². The molecule has 3 heterocycles. The second-order valence-electron chi connectivity index (χ2n) is 10.1. The maximum atomic E-state index is 11.5. The third kappa shape index (κ3) is 5.70. The highest BCUT2D eigenvalue weighted by molar-refractivity contribution is 5.73. The zero-order chi connectivity index (χ0) is 25.9. The number of phenolic OH excluding ortho intramolecular Hbond substituents is 2. The maximum absolute atomic E-state index is 11.5. The molecule has 2 aliphatic rings. The summed E-state index contributed by atoms with van der Waals surface area (Å²) < 4.78 is 1.47. The van der Waals surface area contributed by atoms with Crippen molar-refractivity contribution in [1.82, 2.24) is 29.5 Å². The van der Waals surface area contributed by atoms with E-state index in [0.717, 1.165) is 65.2 Å². The largest absolute Gasteiger partial charge is 0.508 e. The zero-order valence-corrected chi connectivity index (χ0v) is 21.1. The van der Waals surface area contributed by atoms with Crippen molar-refractivity contribution in [2.24, 2.45) is 5.92 Å². The molecular weight excluding hydrogens is 472 g/mol. The second-order valence-corrected chi connectivity index (χ2v) is 10.1. The summed E-state index contributed by atoms with van der Waals surface area (Å²) in [5.74, 6) is 0.946. The van der Waals surface area contributed by atoms with E-state index in [9.17, 15) is 20.1 Å².